The number of fused-ring (bicyclic) bond motifs is 1. The number of hydrogen-bond donors (Lipinski definition) is 3. The highest BCUT2D eigenvalue weighted by atomic mass is 32.2. The Bertz CT molecular complexity index is 1190. The average Bonchev–Trinajstić information content (AvgIpc) is 2.90. The van der Waals surface area contributed by atoms with Crippen molar-refractivity contribution in [3.8, 4) is 23.0 Å². The first-order valence-electron chi connectivity index (χ1n) is 11.2. The number of hydrogen-bond acceptors (Lipinski definition) is 9. The summed E-state index contributed by atoms with van der Waals surface area (Å²) in [7, 11) is 2.50. The van der Waals surface area contributed by atoms with Gasteiger partial charge in [-0.05, 0) is 54.8 Å². The van der Waals surface area contributed by atoms with Crippen LogP contribution in [-0.4, -0.2) is 83.5 Å². The van der Waals surface area contributed by atoms with Gasteiger partial charge in [0.25, 0.3) is 0 Å². The molecule has 0 amide bonds. The number of nitrogens with zero attached hydrogens (tertiary/aromatic N) is 1. The van der Waals surface area contributed by atoms with Crippen molar-refractivity contribution in [2.75, 3.05) is 48.1 Å². The van der Waals surface area contributed by atoms with E-state index < -0.39 is 22.0 Å². The van der Waals surface area contributed by atoms with Crippen molar-refractivity contribution in [3.05, 3.63) is 41.5 Å². The lowest BCUT2D eigenvalue weighted by Crippen LogP contribution is -2.34. The van der Waals surface area contributed by atoms with E-state index >= 15 is 0 Å². The number of nitrogens with one attached hydrogen (secondary N) is 1. The molecule has 12 nitrogen and oxygen atoms in total. The van der Waals surface area contributed by atoms with Crippen LogP contribution in [0.1, 0.15) is 17.5 Å². The maximum atomic E-state index is 12.7. The van der Waals surface area contributed by atoms with Gasteiger partial charge in [-0.2, -0.15) is 0 Å². The van der Waals surface area contributed by atoms with Crippen LogP contribution in [0.15, 0.2) is 35.2 Å². The van der Waals surface area contributed by atoms with E-state index in [-0.39, 0.29) is 10.6 Å². The Labute approximate surface area is 215 Å². The molecule has 1 aliphatic rings. The minimum Gasteiger partial charge on any atom is -0.497 e. The van der Waals surface area contributed by atoms with Crippen LogP contribution in [0.2, 0.25) is 0 Å². The first kappa shape index (κ1) is 29.7. The van der Waals surface area contributed by atoms with Crippen LogP contribution < -0.4 is 23.7 Å². The monoisotopic (exact) mass is 540 g/mol. The first-order valence-corrected chi connectivity index (χ1v) is 12.7. The van der Waals surface area contributed by atoms with Gasteiger partial charge in [-0.25, -0.2) is 22.7 Å². The second-order valence-corrected chi connectivity index (χ2v) is 9.62. The van der Waals surface area contributed by atoms with Gasteiger partial charge in [0.05, 0.1) is 28.4 Å². The molecule has 0 saturated carbocycles. The van der Waals surface area contributed by atoms with Crippen LogP contribution in [0.25, 0.3) is 0 Å². The van der Waals surface area contributed by atoms with Gasteiger partial charge in [0.15, 0.2) is 11.5 Å². The molecule has 3 rings (SSSR count). The number of carbonyl (C=O) groups is 2. The summed E-state index contributed by atoms with van der Waals surface area (Å²) in [5.74, 6) is -1.43. The number of carboxylic acids is 2. The first-order chi connectivity index (χ1) is 17.6. The summed E-state index contributed by atoms with van der Waals surface area (Å²) < 4.78 is 49.3. The fourth-order valence-electron chi connectivity index (χ4n) is 3.71. The molecule has 204 valence electrons. The van der Waals surface area contributed by atoms with Crippen molar-refractivity contribution in [2.24, 2.45) is 0 Å². The summed E-state index contributed by atoms with van der Waals surface area (Å²) in [6.45, 7) is 2.83. The molecule has 13 heteroatoms. The lowest BCUT2D eigenvalue weighted by atomic mass is 9.98. The van der Waals surface area contributed by atoms with Gasteiger partial charge in [0, 0.05) is 25.7 Å². The Morgan fingerprint density at radius 1 is 0.892 bits per heavy atom. The van der Waals surface area contributed by atoms with Gasteiger partial charge < -0.3 is 29.2 Å². The van der Waals surface area contributed by atoms with Gasteiger partial charge in [-0.1, -0.05) is 0 Å². The number of ether oxygens (including phenoxy) is 4. The molecule has 0 saturated heterocycles. The molecule has 0 aromatic heterocycles. The summed E-state index contributed by atoms with van der Waals surface area (Å²) in [5, 5.41) is 14.8. The minimum absolute atomic E-state index is 0.0716. The second-order valence-electron chi connectivity index (χ2n) is 7.88. The van der Waals surface area contributed by atoms with Crippen LogP contribution >= 0.6 is 0 Å². The summed E-state index contributed by atoms with van der Waals surface area (Å²) in [5.41, 5.74) is 2.48. The molecule has 0 atom stereocenters. The number of sulfonamides is 1. The van der Waals surface area contributed by atoms with Crippen LogP contribution in [0.5, 0.6) is 23.0 Å². The van der Waals surface area contributed by atoms with Crippen molar-refractivity contribution in [2.45, 2.75) is 24.3 Å². The van der Waals surface area contributed by atoms with Gasteiger partial charge in [0.1, 0.15) is 16.4 Å². The summed E-state index contributed by atoms with van der Waals surface area (Å²) >= 11 is 0. The van der Waals surface area contributed by atoms with Gasteiger partial charge in [-0.3, -0.25) is 4.90 Å². The van der Waals surface area contributed by atoms with E-state index in [4.69, 9.17) is 38.7 Å². The lowest BCUT2D eigenvalue weighted by molar-refractivity contribution is -0.159. The number of carboxylic acid groups (broad SMARTS) is 2. The second kappa shape index (κ2) is 13.7. The predicted octanol–water partition coefficient (Wildman–Crippen LogP) is 1.60. The third-order valence-corrected chi connectivity index (χ3v) is 7.07. The largest absolute Gasteiger partial charge is 0.497 e. The summed E-state index contributed by atoms with van der Waals surface area (Å²) in [4.78, 5) is 20.6. The fourth-order valence-corrected chi connectivity index (χ4v) is 4.97. The Balaban J connectivity index is 0.000000717. The van der Waals surface area contributed by atoms with Gasteiger partial charge in [0.2, 0.25) is 10.0 Å². The third kappa shape index (κ3) is 8.23. The highest BCUT2D eigenvalue weighted by molar-refractivity contribution is 7.89. The third-order valence-electron chi connectivity index (χ3n) is 5.58. The average molecular weight is 541 g/mol. The topological polar surface area (TPSA) is 161 Å². The Morgan fingerprint density at radius 2 is 1.49 bits per heavy atom. The van der Waals surface area contributed by atoms with Crippen molar-refractivity contribution in [1.82, 2.24) is 9.62 Å². The van der Waals surface area contributed by atoms with Crippen molar-refractivity contribution in [3.63, 3.8) is 0 Å². The van der Waals surface area contributed by atoms with Gasteiger partial charge >= 0.3 is 11.9 Å². The molecular weight excluding hydrogens is 508 g/mol. The quantitative estimate of drug-likeness (QED) is 0.297. The molecule has 0 spiro atoms. The summed E-state index contributed by atoms with van der Waals surface area (Å²) in [6.07, 6.45) is 1.61. The zero-order valence-electron chi connectivity index (χ0n) is 21.1. The molecule has 37 heavy (non-hydrogen) atoms. The maximum Gasteiger partial charge on any atom is 0.414 e. The van der Waals surface area contributed by atoms with Gasteiger partial charge in [-0.15, -0.1) is 0 Å². The van der Waals surface area contributed by atoms with Crippen molar-refractivity contribution < 1.29 is 47.2 Å². The fraction of sp³-hybridized carbons (Fsp3) is 0.417. The van der Waals surface area contributed by atoms with E-state index in [1.54, 1.807) is 26.4 Å². The van der Waals surface area contributed by atoms with E-state index in [1.165, 1.54) is 31.4 Å². The standard InChI is InChI=1S/C22H30N2O6S.C2H2O4/c1-27-18-6-7-19(28-2)22(14-18)31(25,26)23-9-5-10-24-11-8-16-12-20(29-3)21(30-4)13-17(16)15-24;3-1(4)2(5)6/h6-7,12-14,23H,5,8-11,15H2,1-4H3;(H,3,4)(H,5,6). The van der Waals surface area contributed by atoms with Crippen LogP contribution in [0.3, 0.4) is 0 Å². The number of benzene rings is 2. The van der Waals surface area contributed by atoms with E-state index in [1.807, 2.05) is 12.1 Å². The number of aliphatic carboxylic acids is 2. The maximum absolute atomic E-state index is 12.7. The Morgan fingerprint density at radius 3 is 2.03 bits per heavy atom. The Hall–Kier alpha value is -3.55. The van der Waals surface area contributed by atoms with E-state index in [2.05, 4.69) is 9.62 Å². The Kier molecular flexibility index (Phi) is 11.0. The normalized spacial score (nSPS) is 13.0. The van der Waals surface area contributed by atoms with Crippen molar-refractivity contribution in [1.29, 1.82) is 0 Å². The van der Waals surface area contributed by atoms with Crippen LogP contribution in [-0.2, 0) is 32.6 Å². The molecule has 0 aliphatic carbocycles. The molecule has 1 heterocycles. The highest BCUT2D eigenvalue weighted by Crippen LogP contribution is 2.33. The molecular formula is C24H32N2O10S. The zero-order valence-corrected chi connectivity index (χ0v) is 22.0. The number of rotatable bonds is 10. The minimum atomic E-state index is -3.71. The molecule has 2 aromatic carbocycles. The zero-order chi connectivity index (χ0) is 27.6. The van der Waals surface area contributed by atoms with E-state index in [9.17, 15) is 8.42 Å². The van der Waals surface area contributed by atoms with Crippen LogP contribution in [0.4, 0.5) is 0 Å². The molecule has 1 aliphatic heterocycles. The molecule has 0 bridgehead atoms. The smallest absolute Gasteiger partial charge is 0.414 e. The molecule has 0 radical (unpaired) electrons. The molecule has 0 unspecified atom stereocenters. The van der Waals surface area contributed by atoms with Crippen molar-refractivity contribution >= 4 is 22.0 Å². The highest BCUT2D eigenvalue weighted by Gasteiger charge is 2.22. The SMILES string of the molecule is COc1ccc(OC)c(S(=O)(=O)NCCCN2CCc3cc(OC)c(OC)cc3C2)c1.O=C(O)C(=O)O. The van der Waals surface area contributed by atoms with E-state index in [0.717, 1.165) is 37.6 Å². The molecule has 3 N–H and O–H groups in total. The lowest BCUT2D eigenvalue weighted by Gasteiger charge is -2.29. The molecule has 0 fully saturated rings. The van der Waals surface area contributed by atoms with Crippen LogP contribution in [0, 0.1) is 0 Å². The molecule has 2 aromatic rings. The predicted molar refractivity (Wildman–Crippen MR) is 133 cm³/mol. The van der Waals surface area contributed by atoms with E-state index in [0.29, 0.717) is 18.7 Å². The number of methoxy groups -OCH3 is 4. The summed E-state index contributed by atoms with van der Waals surface area (Å²) in [6, 6.07) is 8.78.